The minimum Gasteiger partial charge on any atom is -0.481 e. The summed E-state index contributed by atoms with van der Waals surface area (Å²) >= 11 is 0. The van der Waals surface area contributed by atoms with E-state index in [1.54, 1.807) is 7.11 Å². The van der Waals surface area contributed by atoms with Crippen molar-refractivity contribution in [2.45, 2.75) is 19.8 Å². The van der Waals surface area contributed by atoms with E-state index in [0.717, 1.165) is 31.3 Å². The second-order valence-corrected chi connectivity index (χ2v) is 4.83. The van der Waals surface area contributed by atoms with Crippen LogP contribution in [0.5, 0.6) is 5.88 Å². The molecule has 0 amide bonds. The third-order valence-corrected chi connectivity index (χ3v) is 3.35. The fourth-order valence-corrected chi connectivity index (χ4v) is 2.52. The molecule has 1 atom stereocenters. The maximum absolute atomic E-state index is 5.21. The number of piperidine rings is 1. The van der Waals surface area contributed by atoms with Gasteiger partial charge >= 0.3 is 0 Å². The third kappa shape index (κ3) is 3.10. The van der Waals surface area contributed by atoms with Crippen LogP contribution in [0.25, 0.3) is 0 Å². The van der Waals surface area contributed by atoms with Gasteiger partial charge in [0.05, 0.1) is 7.11 Å². The SMILES string of the molecule is CNCC1CCCN(c2cc(OC)nc(C)n2)C1. The predicted octanol–water partition coefficient (Wildman–Crippen LogP) is 1.23. The summed E-state index contributed by atoms with van der Waals surface area (Å²) in [5, 5.41) is 3.26. The van der Waals surface area contributed by atoms with Crippen molar-refractivity contribution in [3.05, 3.63) is 11.9 Å². The van der Waals surface area contributed by atoms with Gasteiger partial charge in [0.1, 0.15) is 11.6 Å². The number of rotatable bonds is 4. The van der Waals surface area contributed by atoms with Crippen LogP contribution in [0.4, 0.5) is 5.82 Å². The molecule has 2 rings (SSSR count). The fourth-order valence-electron chi connectivity index (χ4n) is 2.52. The van der Waals surface area contributed by atoms with Gasteiger partial charge in [0.15, 0.2) is 0 Å². The lowest BCUT2D eigenvalue weighted by Crippen LogP contribution is -2.39. The molecule has 1 fully saturated rings. The smallest absolute Gasteiger partial charge is 0.218 e. The van der Waals surface area contributed by atoms with Crippen LogP contribution in [0.1, 0.15) is 18.7 Å². The molecule has 5 nitrogen and oxygen atoms in total. The number of ether oxygens (including phenoxy) is 1. The zero-order chi connectivity index (χ0) is 13.0. The Morgan fingerprint density at radius 3 is 3.06 bits per heavy atom. The quantitative estimate of drug-likeness (QED) is 0.871. The number of anilines is 1. The standard InChI is InChI=1S/C13H22N4O/c1-10-15-12(7-13(16-10)18-3)17-6-4-5-11(9-17)8-14-2/h7,11,14H,4-6,8-9H2,1-3H3. The van der Waals surface area contributed by atoms with Gasteiger partial charge < -0.3 is 15.0 Å². The van der Waals surface area contributed by atoms with E-state index in [2.05, 4.69) is 20.2 Å². The van der Waals surface area contributed by atoms with Crippen molar-refractivity contribution in [2.75, 3.05) is 38.7 Å². The summed E-state index contributed by atoms with van der Waals surface area (Å²) in [4.78, 5) is 11.1. The van der Waals surface area contributed by atoms with Gasteiger partial charge in [-0.3, -0.25) is 0 Å². The number of methoxy groups -OCH3 is 1. The fraction of sp³-hybridized carbons (Fsp3) is 0.692. The van der Waals surface area contributed by atoms with Gasteiger partial charge in [0, 0.05) is 19.2 Å². The Labute approximate surface area is 109 Å². The lowest BCUT2D eigenvalue weighted by Gasteiger charge is -2.33. The summed E-state index contributed by atoms with van der Waals surface area (Å²) < 4.78 is 5.21. The van der Waals surface area contributed by atoms with Gasteiger partial charge in [-0.05, 0) is 39.3 Å². The Kier molecular flexibility index (Phi) is 4.36. The van der Waals surface area contributed by atoms with Crippen LogP contribution in [0.2, 0.25) is 0 Å². The summed E-state index contributed by atoms with van der Waals surface area (Å²) in [6, 6.07) is 1.93. The van der Waals surface area contributed by atoms with Crippen LogP contribution in [0, 0.1) is 12.8 Å². The normalized spacial score (nSPS) is 19.9. The second kappa shape index (κ2) is 6.00. The number of hydrogen-bond donors (Lipinski definition) is 1. The maximum Gasteiger partial charge on any atom is 0.218 e. The van der Waals surface area contributed by atoms with E-state index in [9.17, 15) is 0 Å². The summed E-state index contributed by atoms with van der Waals surface area (Å²) in [6.07, 6.45) is 2.51. The van der Waals surface area contributed by atoms with Crippen LogP contribution in [-0.4, -0.2) is 43.8 Å². The Morgan fingerprint density at radius 2 is 2.33 bits per heavy atom. The molecule has 0 aliphatic carbocycles. The molecular formula is C13H22N4O. The molecule has 1 unspecified atom stereocenters. The van der Waals surface area contributed by atoms with Gasteiger partial charge in [0.25, 0.3) is 0 Å². The van der Waals surface area contributed by atoms with Gasteiger partial charge in [-0.25, -0.2) is 4.98 Å². The summed E-state index contributed by atoms with van der Waals surface area (Å²) in [5.41, 5.74) is 0. The van der Waals surface area contributed by atoms with Crippen molar-refractivity contribution in [1.82, 2.24) is 15.3 Å². The lowest BCUT2D eigenvalue weighted by atomic mass is 9.98. The lowest BCUT2D eigenvalue weighted by molar-refractivity contribution is 0.389. The van der Waals surface area contributed by atoms with Crippen molar-refractivity contribution < 1.29 is 4.74 Å². The largest absolute Gasteiger partial charge is 0.481 e. The molecule has 2 heterocycles. The minimum absolute atomic E-state index is 0.647. The number of aromatic nitrogens is 2. The van der Waals surface area contributed by atoms with E-state index in [0.29, 0.717) is 11.8 Å². The number of nitrogens with zero attached hydrogens (tertiary/aromatic N) is 3. The zero-order valence-corrected chi connectivity index (χ0v) is 11.4. The zero-order valence-electron chi connectivity index (χ0n) is 11.4. The number of nitrogens with one attached hydrogen (secondary N) is 1. The summed E-state index contributed by atoms with van der Waals surface area (Å²) in [7, 11) is 3.66. The average Bonchev–Trinajstić information content (AvgIpc) is 2.39. The minimum atomic E-state index is 0.647. The molecule has 5 heteroatoms. The molecule has 0 radical (unpaired) electrons. The topological polar surface area (TPSA) is 50.3 Å². The molecule has 100 valence electrons. The van der Waals surface area contributed by atoms with Crippen molar-refractivity contribution in [2.24, 2.45) is 5.92 Å². The molecule has 0 spiro atoms. The van der Waals surface area contributed by atoms with Crippen LogP contribution in [-0.2, 0) is 0 Å². The summed E-state index contributed by atoms with van der Waals surface area (Å²) in [5.74, 6) is 3.10. The van der Waals surface area contributed by atoms with Crippen LogP contribution >= 0.6 is 0 Å². The first-order valence-electron chi connectivity index (χ1n) is 6.52. The molecule has 1 aliphatic heterocycles. The van der Waals surface area contributed by atoms with E-state index in [1.165, 1.54) is 12.8 Å². The molecular weight excluding hydrogens is 228 g/mol. The molecule has 1 saturated heterocycles. The molecule has 1 aliphatic rings. The first kappa shape index (κ1) is 13.1. The van der Waals surface area contributed by atoms with Crippen molar-refractivity contribution in [1.29, 1.82) is 0 Å². The predicted molar refractivity (Wildman–Crippen MR) is 72.2 cm³/mol. The number of hydrogen-bond acceptors (Lipinski definition) is 5. The number of aryl methyl sites for hydroxylation is 1. The van der Waals surface area contributed by atoms with E-state index >= 15 is 0 Å². The van der Waals surface area contributed by atoms with E-state index < -0.39 is 0 Å². The first-order valence-corrected chi connectivity index (χ1v) is 6.52. The van der Waals surface area contributed by atoms with Gasteiger partial charge in [0.2, 0.25) is 5.88 Å². The Bertz CT molecular complexity index is 395. The van der Waals surface area contributed by atoms with Crippen LogP contribution in [0.3, 0.4) is 0 Å². The molecule has 1 aromatic heterocycles. The van der Waals surface area contributed by atoms with Gasteiger partial charge in [-0.15, -0.1) is 0 Å². The Hall–Kier alpha value is -1.36. The van der Waals surface area contributed by atoms with E-state index in [1.807, 2.05) is 20.0 Å². The van der Waals surface area contributed by atoms with Crippen LogP contribution in [0.15, 0.2) is 6.07 Å². The van der Waals surface area contributed by atoms with Crippen LogP contribution < -0.4 is 15.0 Å². The Balaban J connectivity index is 2.12. The Morgan fingerprint density at radius 1 is 1.50 bits per heavy atom. The van der Waals surface area contributed by atoms with Crippen molar-refractivity contribution in [3.63, 3.8) is 0 Å². The van der Waals surface area contributed by atoms with Crippen molar-refractivity contribution >= 4 is 5.82 Å². The molecule has 1 aromatic rings. The van der Waals surface area contributed by atoms with Gasteiger partial charge in [-0.1, -0.05) is 0 Å². The average molecular weight is 250 g/mol. The summed E-state index contributed by atoms with van der Waals surface area (Å²) in [6.45, 7) is 5.10. The molecule has 18 heavy (non-hydrogen) atoms. The maximum atomic E-state index is 5.21. The van der Waals surface area contributed by atoms with E-state index in [4.69, 9.17) is 4.74 Å². The van der Waals surface area contributed by atoms with Crippen molar-refractivity contribution in [3.8, 4) is 5.88 Å². The highest BCUT2D eigenvalue weighted by Gasteiger charge is 2.21. The molecule has 0 aromatic carbocycles. The molecule has 0 bridgehead atoms. The van der Waals surface area contributed by atoms with Gasteiger partial charge in [-0.2, -0.15) is 4.98 Å². The first-order chi connectivity index (χ1) is 8.72. The monoisotopic (exact) mass is 250 g/mol. The second-order valence-electron chi connectivity index (χ2n) is 4.83. The third-order valence-electron chi connectivity index (χ3n) is 3.35. The molecule has 0 saturated carbocycles. The molecule has 1 N–H and O–H groups in total. The highest BCUT2D eigenvalue weighted by Crippen LogP contribution is 2.23. The highest BCUT2D eigenvalue weighted by molar-refractivity contribution is 5.42. The van der Waals surface area contributed by atoms with E-state index in [-0.39, 0.29) is 0 Å². The highest BCUT2D eigenvalue weighted by atomic mass is 16.5.